The van der Waals surface area contributed by atoms with Crippen molar-refractivity contribution in [3.8, 4) is 0 Å². The van der Waals surface area contributed by atoms with Crippen LogP contribution < -0.4 is 10.6 Å². The van der Waals surface area contributed by atoms with Crippen LogP contribution in [0, 0.1) is 5.92 Å². The normalized spacial score (nSPS) is 31.7. The maximum atomic E-state index is 12.2. The lowest BCUT2D eigenvalue weighted by atomic mass is 9.89. The van der Waals surface area contributed by atoms with Crippen molar-refractivity contribution in [3.05, 3.63) is 35.9 Å². The van der Waals surface area contributed by atoms with Crippen molar-refractivity contribution in [2.45, 2.75) is 31.3 Å². The van der Waals surface area contributed by atoms with Crippen LogP contribution >= 0.6 is 0 Å². The minimum atomic E-state index is -0.720. The molecule has 94 valence electrons. The van der Waals surface area contributed by atoms with E-state index in [1.165, 1.54) is 0 Å². The van der Waals surface area contributed by atoms with E-state index in [1.54, 1.807) is 0 Å². The van der Waals surface area contributed by atoms with Crippen molar-refractivity contribution in [1.29, 1.82) is 0 Å². The largest absolute Gasteiger partial charge is 0.340 e. The first-order valence-electron chi connectivity index (χ1n) is 6.29. The third-order valence-electron chi connectivity index (χ3n) is 3.92. The quantitative estimate of drug-likeness (QED) is 0.819. The van der Waals surface area contributed by atoms with E-state index in [2.05, 4.69) is 10.6 Å². The average molecular weight is 244 g/mol. The van der Waals surface area contributed by atoms with Gasteiger partial charge < -0.3 is 10.6 Å². The first kappa shape index (κ1) is 11.3. The summed E-state index contributed by atoms with van der Waals surface area (Å²) in [6.07, 6.45) is 2.03. The van der Waals surface area contributed by atoms with E-state index < -0.39 is 11.6 Å². The van der Waals surface area contributed by atoms with Crippen LogP contribution in [-0.4, -0.2) is 17.4 Å². The van der Waals surface area contributed by atoms with Gasteiger partial charge in [-0.15, -0.1) is 0 Å². The van der Waals surface area contributed by atoms with E-state index >= 15 is 0 Å². The van der Waals surface area contributed by atoms with Gasteiger partial charge in [0.25, 0.3) is 0 Å². The third kappa shape index (κ3) is 1.68. The van der Waals surface area contributed by atoms with E-state index in [0.29, 0.717) is 0 Å². The number of hydrogen-bond acceptors (Lipinski definition) is 2. The number of carbonyl (C=O) groups excluding carboxylic acids is 2. The van der Waals surface area contributed by atoms with E-state index in [9.17, 15) is 9.59 Å². The molecule has 2 N–H and O–H groups in total. The molecule has 1 aromatic carbocycles. The molecule has 4 heteroatoms. The van der Waals surface area contributed by atoms with Crippen LogP contribution in [-0.2, 0) is 9.59 Å². The lowest BCUT2D eigenvalue weighted by Crippen LogP contribution is -2.66. The molecule has 1 saturated heterocycles. The van der Waals surface area contributed by atoms with Crippen LogP contribution in [0.1, 0.15) is 31.4 Å². The molecule has 2 atom stereocenters. The summed E-state index contributed by atoms with van der Waals surface area (Å²) in [5.74, 6) is 0.104. The van der Waals surface area contributed by atoms with Crippen molar-refractivity contribution >= 4 is 11.8 Å². The smallest absolute Gasteiger partial charge is 0.248 e. The molecule has 0 spiro atoms. The molecule has 1 aromatic rings. The molecule has 1 heterocycles. The Hall–Kier alpha value is -1.84. The fourth-order valence-electron chi connectivity index (χ4n) is 2.56. The molecule has 0 radical (unpaired) electrons. The van der Waals surface area contributed by atoms with Gasteiger partial charge in [0.15, 0.2) is 0 Å². The topological polar surface area (TPSA) is 58.2 Å². The predicted octanol–water partition coefficient (Wildman–Crippen LogP) is 1.14. The summed E-state index contributed by atoms with van der Waals surface area (Å²) in [6, 6.07) is 8.76. The minimum Gasteiger partial charge on any atom is -0.340 e. The summed E-state index contributed by atoms with van der Waals surface area (Å²) in [5.41, 5.74) is 0.101. The predicted molar refractivity (Wildman–Crippen MR) is 66.6 cm³/mol. The molecule has 4 nitrogen and oxygen atoms in total. The Labute approximate surface area is 106 Å². The summed E-state index contributed by atoms with van der Waals surface area (Å²) < 4.78 is 0. The van der Waals surface area contributed by atoms with Crippen LogP contribution in [0.25, 0.3) is 0 Å². The van der Waals surface area contributed by atoms with Crippen molar-refractivity contribution in [2.24, 2.45) is 5.92 Å². The van der Waals surface area contributed by atoms with Crippen molar-refractivity contribution in [2.75, 3.05) is 0 Å². The van der Waals surface area contributed by atoms with E-state index in [-0.39, 0.29) is 17.7 Å². The van der Waals surface area contributed by atoms with Crippen molar-refractivity contribution < 1.29 is 9.59 Å². The summed E-state index contributed by atoms with van der Waals surface area (Å²) >= 11 is 0. The Kier molecular flexibility index (Phi) is 2.40. The fourth-order valence-corrected chi connectivity index (χ4v) is 2.56. The van der Waals surface area contributed by atoms with Gasteiger partial charge in [-0.3, -0.25) is 9.59 Å². The average Bonchev–Trinajstić information content (AvgIpc) is 3.19. The molecule has 0 bridgehead atoms. The van der Waals surface area contributed by atoms with Gasteiger partial charge >= 0.3 is 0 Å². The molecular formula is C14H16N2O2. The maximum absolute atomic E-state index is 12.2. The second kappa shape index (κ2) is 3.83. The van der Waals surface area contributed by atoms with Gasteiger partial charge in [0, 0.05) is 0 Å². The molecule has 1 saturated carbocycles. The highest BCUT2D eigenvalue weighted by molar-refractivity contribution is 6.00. The summed E-state index contributed by atoms with van der Waals surface area (Å²) in [5, 5.41) is 5.75. The Morgan fingerprint density at radius 2 is 1.83 bits per heavy atom. The number of hydrogen-bond donors (Lipinski definition) is 2. The van der Waals surface area contributed by atoms with E-state index in [1.807, 2.05) is 37.3 Å². The number of piperazine rings is 1. The highest BCUT2D eigenvalue weighted by atomic mass is 16.2. The highest BCUT2D eigenvalue weighted by Crippen LogP contribution is 2.41. The second-order valence-corrected chi connectivity index (χ2v) is 5.28. The van der Waals surface area contributed by atoms with Crippen molar-refractivity contribution in [3.63, 3.8) is 0 Å². The Balaban J connectivity index is 1.85. The zero-order valence-electron chi connectivity index (χ0n) is 10.3. The Morgan fingerprint density at radius 1 is 1.17 bits per heavy atom. The van der Waals surface area contributed by atoms with Crippen LogP contribution in [0.3, 0.4) is 0 Å². The lowest BCUT2D eigenvalue weighted by Gasteiger charge is -2.37. The molecule has 3 rings (SSSR count). The van der Waals surface area contributed by atoms with Gasteiger partial charge in [-0.2, -0.15) is 0 Å². The van der Waals surface area contributed by atoms with Crippen molar-refractivity contribution in [1.82, 2.24) is 10.6 Å². The number of amides is 2. The monoisotopic (exact) mass is 244 g/mol. The maximum Gasteiger partial charge on any atom is 0.248 e. The van der Waals surface area contributed by atoms with Crippen LogP contribution in [0.2, 0.25) is 0 Å². The number of carbonyl (C=O) groups is 2. The zero-order chi connectivity index (χ0) is 12.8. The van der Waals surface area contributed by atoms with Gasteiger partial charge in [-0.05, 0) is 31.2 Å². The Morgan fingerprint density at radius 3 is 2.44 bits per heavy atom. The van der Waals surface area contributed by atoms with Crippen LogP contribution in [0.4, 0.5) is 0 Å². The standard InChI is InChI=1S/C14H16N2O2/c1-14(10-7-8-10)13(18)15-11(12(17)16-14)9-5-3-2-4-6-9/h2-6,10-11H,7-8H2,1H3,(H,15,18)(H,16,17). The number of rotatable bonds is 2. The van der Waals surface area contributed by atoms with Gasteiger partial charge in [0.2, 0.25) is 11.8 Å². The molecule has 0 aromatic heterocycles. The van der Waals surface area contributed by atoms with Gasteiger partial charge in [0.05, 0.1) is 0 Å². The first-order valence-corrected chi connectivity index (χ1v) is 6.29. The van der Waals surface area contributed by atoms with Crippen LogP contribution in [0.15, 0.2) is 30.3 Å². The van der Waals surface area contributed by atoms with E-state index in [4.69, 9.17) is 0 Å². The van der Waals surface area contributed by atoms with E-state index in [0.717, 1.165) is 18.4 Å². The summed E-state index contributed by atoms with van der Waals surface area (Å²) in [6.45, 7) is 1.82. The first-order chi connectivity index (χ1) is 8.61. The zero-order valence-corrected chi connectivity index (χ0v) is 10.3. The minimum absolute atomic E-state index is 0.0709. The third-order valence-corrected chi connectivity index (χ3v) is 3.92. The fraction of sp³-hybridized carbons (Fsp3) is 0.429. The Bertz CT molecular complexity index is 496. The summed E-state index contributed by atoms with van der Waals surface area (Å²) in [4.78, 5) is 24.4. The van der Waals surface area contributed by atoms with Gasteiger partial charge in [-0.25, -0.2) is 0 Å². The molecular weight excluding hydrogens is 228 g/mol. The number of nitrogens with one attached hydrogen (secondary N) is 2. The van der Waals surface area contributed by atoms with Gasteiger partial charge in [-0.1, -0.05) is 30.3 Å². The molecule has 2 aliphatic rings. The number of benzene rings is 1. The molecule has 1 aliphatic carbocycles. The highest BCUT2D eigenvalue weighted by Gasteiger charge is 2.52. The molecule has 2 amide bonds. The SMILES string of the molecule is CC1(C2CC2)NC(=O)C(c2ccccc2)NC1=O. The molecule has 1 aliphatic heterocycles. The molecule has 2 unspecified atom stereocenters. The summed E-state index contributed by atoms with van der Waals surface area (Å²) in [7, 11) is 0. The van der Waals surface area contributed by atoms with Crippen LogP contribution in [0.5, 0.6) is 0 Å². The van der Waals surface area contributed by atoms with Gasteiger partial charge in [0.1, 0.15) is 11.6 Å². The second-order valence-electron chi connectivity index (χ2n) is 5.28. The molecule has 18 heavy (non-hydrogen) atoms. The lowest BCUT2D eigenvalue weighted by molar-refractivity contribution is -0.142. The molecule has 2 fully saturated rings.